The SMILES string of the molecule is COC(=O)c1cncc(Oc2ccc(C)cc2[N+](=O)[O-])n1. The topological polar surface area (TPSA) is 104 Å². The molecule has 0 atom stereocenters. The Morgan fingerprint density at radius 2 is 2.10 bits per heavy atom. The van der Waals surface area contributed by atoms with Crippen LogP contribution in [0.2, 0.25) is 0 Å². The number of nitrogens with zero attached hydrogens (tertiary/aromatic N) is 3. The zero-order chi connectivity index (χ0) is 15.4. The van der Waals surface area contributed by atoms with Crippen molar-refractivity contribution in [3.8, 4) is 11.6 Å². The molecule has 0 N–H and O–H groups in total. The smallest absolute Gasteiger partial charge is 0.358 e. The first kappa shape index (κ1) is 14.4. The predicted octanol–water partition coefficient (Wildman–Crippen LogP) is 2.27. The van der Waals surface area contributed by atoms with Gasteiger partial charge in [-0.15, -0.1) is 0 Å². The van der Waals surface area contributed by atoms with E-state index in [2.05, 4.69) is 14.7 Å². The standard InChI is InChI=1S/C13H11N3O5/c1-8-3-4-11(10(5-8)16(18)19)21-12-7-14-6-9(15-12)13(17)20-2/h3-7H,1-2H3. The summed E-state index contributed by atoms with van der Waals surface area (Å²) in [6, 6.07) is 4.51. The lowest BCUT2D eigenvalue weighted by molar-refractivity contribution is -0.385. The third-order valence-corrected chi connectivity index (χ3v) is 2.53. The van der Waals surface area contributed by atoms with Crippen molar-refractivity contribution < 1.29 is 19.2 Å². The largest absolute Gasteiger partial charge is 0.464 e. The first-order valence-electron chi connectivity index (χ1n) is 5.84. The number of hydrogen-bond donors (Lipinski definition) is 0. The van der Waals surface area contributed by atoms with Crippen LogP contribution in [0.4, 0.5) is 5.69 Å². The molecule has 2 aromatic rings. The molecule has 0 saturated heterocycles. The van der Waals surface area contributed by atoms with E-state index < -0.39 is 10.9 Å². The van der Waals surface area contributed by atoms with Crippen LogP contribution in [0.15, 0.2) is 30.6 Å². The molecule has 108 valence electrons. The fraction of sp³-hybridized carbons (Fsp3) is 0.154. The van der Waals surface area contributed by atoms with Crippen LogP contribution in [0.1, 0.15) is 16.1 Å². The van der Waals surface area contributed by atoms with Gasteiger partial charge in [-0.3, -0.25) is 15.1 Å². The molecule has 0 radical (unpaired) electrons. The average molecular weight is 289 g/mol. The molecule has 0 unspecified atom stereocenters. The number of carbonyl (C=O) groups is 1. The lowest BCUT2D eigenvalue weighted by Crippen LogP contribution is -2.05. The summed E-state index contributed by atoms with van der Waals surface area (Å²) >= 11 is 0. The average Bonchev–Trinajstić information content (AvgIpc) is 2.48. The molecule has 8 nitrogen and oxygen atoms in total. The maximum Gasteiger partial charge on any atom is 0.358 e. The Morgan fingerprint density at radius 1 is 1.33 bits per heavy atom. The molecule has 0 aliphatic carbocycles. The Kier molecular flexibility index (Phi) is 4.07. The highest BCUT2D eigenvalue weighted by atomic mass is 16.6. The number of rotatable bonds is 4. The number of nitro benzene ring substituents is 1. The normalized spacial score (nSPS) is 10.0. The van der Waals surface area contributed by atoms with Crippen LogP contribution in [-0.4, -0.2) is 28.0 Å². The molecular formula is C13H11N3O5. The van der Waals surface area contributed by atoms with Crippen LogP contribution in [0.5, 0.6) is 11.6 Å². The highest BCUT2D eigenvalue weighted by molar-refractivity contribution is 5.86. The highest BCUT2D eigenvalue weighted by Crippen LogP contribution is 2.31. The van der Waals surface area contributed by atoms with Gasteiger partial charge in [0.1, 0.15) is 0 Å². The number of hydrogen-bond acceptors (Lipinski definition) is 7. The lowest BCUT2D eigenvalue weighted by atomic mass is 10.2. The van der Waals surface area contributed by atoms with E-state index in [-0.39, 0.29) is 23.0 Å². The number of carbonyl (C=O) groups excluding carboxylic acids is 1. The van der Waals surface area contributed by atoms with Gasteiger partial charge in [-0.2, -0.15) is 0 Å². The first-order valence-corrected chi connectivity index (χ1v) is 5.84. The van der Waals surface area contributed by atoms with E-state index >= 15 is 0 Å². The van der Waals surface area contributed by atoms with Crippen LogP contribution in [0, 0.1) is 17.0 Å². The van der Waals surface area contributed by atoms with E-state index in [4.69, 9.17) is 4.74 Å². The number of methoxy groups -OCH3 is 1. The molecule has 0 amide bonds. The van der Waals surface area contributed by atoms with Gasteiger partial charge >= 0.3 is 11.7 Å². The predicted molar refractivity (Wildman–Crippen MR) is 71.3 cm³/mol. The minimum Gasteiger partial charge on any atom is -0.464 e. The molecule has 0 saturated carbocycles. The molecule has 8 heteroatoms. The molecule has 1 aromatic heterocycles. The quantitative estimate of drug-likeness (QED) is 0.483. The number of ether oxygens (including phenoxy) is 2. The summed E-state index contributed by atoms with van der Waals surface area (Å²) in [5.41, 5.74) is 0.480. The minimum absolute atomic E-state index is 0.0157. The van der Waals surface area contributed by atoms with Gasteiger partial charge in [0.25, 0.3) is 0 Å². The Hall–Kier alpha value is -3.03. The minimum atomic E-state index is -0.675. The summed E-state index contributed by atoms with van der Waals surface area (Å²) in [5, 5.41) is 11.0. The summed E-state index contributed by atoms with van der Waals surface area (Å²) in [6.45, 7) is 1.73. The monoisotopic (exact) mass is 289 g/mol. The van der Waals surface area contributed by atoms with Crippen molar-refractivity contribution in [3.05, 3.63) is 52.0 Å². The number of aromatic nitrogens is 2. The van der Waals surface area contributed by atoms with Crippen molar-refractivity contribution in [2.75, 3.05) is 7.11 Å². The van der Waals surface area contributed by atoms with E-state index in [1.807, 2.05) is 0 Å². The van der Waals surface area contributed by atoms with E-state index in [1.54, 1.807) is 13.0 Å². The number of nitro groups is 1. The summed E-state index contributed by atoms with van der Waals surface area (Å²) in [6.07, 6.45) is 2.46. The van der Waals surface area contributed by atoms with Gasteiger partial charge in [-0.05, 0) is 18.6 Å². The zero-order valence-electron chi connectivity index (χ0n) is 11.3. The summed E-state index contributed by atoms with van der Waals surface area (Å²) in [7, 11) is 1.21. The number of benzene rings is 1. The molecule has 0 fully saturated rings. The maximum absolute atomic E-state index is 11.3. The molecule has 0 aliphatic rings. The van der Waals surface area contributed by atoms with Gasteiger partial charge in [0.15, 0.2) is 5.69 Å². The van der Waals surface area contributed by atoms with Crippen LogP contribution in [0.25, 0.3) is 0 Å². The van der Waals surface area contributed by atoms with Gasteiger partial charge in [-0.25, -0.2) is 9.78 Å². The van der Waals surface area contributed by atoms with Crippen LogP contribution < -0.4 is 4.74 Å². The Morgan fingerprint density at radius 3 is 2.76 bits per heavy atom. The summed E-state index contributed by atoms with van der Waals surface area (Å²) in [4.78, 5) is 29.5. The van der Waals surface area contributed by atoms with Crippen molar-refractivity contribution >= 4 is 11.7 Å². The van der Waals surface area contributed by atoms with Crippen molar-refractivity contribution in [1.29, 1.82) is 0 Å². The fourth-order valence-electron chi connectivity index (χ4n) is 1.57. The van der Waals surface area contributed by atoms with E-state index in [1.165, 1.54) is 31.6 Å². The zero-order valence-corrected chi connectivity index (χ0v) is 11.3. The van der Waals surface area contributed by atoms with Gasteiger partial charge < -0.3 is 9.47 Å². The van der Waals surface area contributed by atoms with Gasteiger partial charge in [-0.1, -0.05) is 6.07 Å². The molecule has 0 bridgehead atoms. The van der Waals surface area contributed by atoms with E-state index in [0.29, 0.717) is 0 Å². The van der Waals surface area contributed by atoms with Gasteiger partial charge in [0.2, 0.25) is 11.6 Å². The first-order chi connectivity index (χ1) is 10.0. The number of aryl methyl sites for hydroxylation is 1. The lowest BCUT2D eigenvalue weighted by Gasteiger charge is -2.06. The van der Waals surface area contributed by atoms with E-state index in [0.717, 1.165) is 5.56 Å². The van der Waals surface area contributed by atoms with Gasteiger partial charge in [0.05, 0.1) is 24.4 Å². The fourth-order valence-corrected chi connectivity index (χ4v) is 1.57. The van der Waals surface area contributed by atoms with Crippen molar-refractivity contribution in [1.82, 2.24) is 9.97 Å². The maximum atomic E-state index is 11.3. The third kappa shape index (κ3) is 3.30. The Bertz CT molecular complexity index is 702. The Labute approximate surface area is 119 Å². The number of esters is 1. The molecule has 1 aromatic carbocycles. The van der Waals surface area contributed by atoms with Crippen LogP contribution in [0.3, 0.4) is 0 Å². The van der Waals surface area contributed by atoms with Gasteiger partial charge in [0, 0.05) is 6.07 Å². The molecule has 2 rings (SSSR count). The summed E-state index contributed by atoms with van der Waals surface area (Å²) < 4.78 is 9.85. The molecular weight excluding hydrogens is 278 g/mol. The second-order valence-electron chi connectivity index (χ2n) is 4.06. The Balaban J connectivity index is 2.34. The molecule has 0 spiro atoms. The van der Waals surface area contributed by atoms with Crippen LogP contribution >= 0.6 is 0 Å². The molecule has 1 heterocycles. The highest BCUT2D eigenvalue weighted by Gasteiger charge is 2.17. The van der Waals surface area contributed by atoms with E-state index in [9.17, 15) is 14.9 Å². The van der Waals surface area contributed by atoms with Crippen LogP contribution in [-0.2, 0) is 4.74 Å². The third-order valence-electron chi connectivity index (χ3n) is 2.53. The molecule has 21 heavy (non-hydrogen) atoms. The van der Waals surface area contributed by atoms with Crippen molar-refractivity contribution in [2.24, 2.45) is 0 Å². The molecule has 0 aliphatic heterocycles. The second kappa shape index (κ2) is 5.95. The summed E-state index contributed by atoms with van der Waals surface area (Å²) in [5.74, 6) is -0.696. The van der Waals surface area contributed by atoms with Crippen molar-refractivity contribution in [2.45, 2.75) is 6.92 Å². The second-order valence-corrected chi connectivity index (χ2v) is 4.06. The van der Waals surface area contributed by atoms with Crippen molar-refractivity contribution in [3.63, 3.8) is 0 Å².